The lowest BCUT2D eigenvalue weighted by molar-refractivity contribution is -0.142. The molecule has 0 aromatic heterocycles. The summed E-state index contributed by atoms with van der Waals surface area (Å²) >= 11 is 0. The first-order valence-corrected chi connectivity index (χ1v) is 10.9. The fourth-order valence-electron chi connectivity index (χ4n) is 3.38. The Morgan fingerprint density at radius 3 is 2.32 bits per heavy atom. The van der Waals surface area contributed by atoms with E-state index >= 15 is 0 Å². The second-order valence-corrected chi connectivity index (χ2v) is 9.41. The van der Waals surface area contributed by atoms with Gasteiger partial charge in [0.15, 0.2) is 6.61 Å². The van der Waals surface area contributed by atoms with Gasteiger partial charge in [0.05, 0.1) is 0 Å². The number of benzene rings is 2. The first-order chi connectivity index (χ1) is 14.5. The lowest BCUT2D eigenvalue weighted by atomic mass is 10.0. The summed E-state index contributed by atoms with van der Waals surface area (Å²) in [6.45, 7) is 14.0. The van der Waals surface area contributed by atoms with Gasteiger partial charge >= 0.3 is 0 Å². The highest BCUT2D eigenvalue weighted by molar-refractivity contribution is 5.88. The summed E-state index contributed by atoms with van der Waals surface area (Å²) in [5, 5.41) is 2.98. The molecule has 0 aliphatic heterocycles. The average molecular weight is 425 g/mol. The molecular formula is C26H36N2O3. The highest BCUT2D eigenvalue weighted by Crippen LogP contribution is 2.26. The molecule has 2 amide bonds. The van der Waals surface area contributed by atoms with E-state index in [0.29, 0.717) is 12.3 Å². The van der Waals surface area contributed by atoms with Crippen LogP contribution in [0.25, 0.3) is 0 Å². The zero-order valence-electron chi connectivity index (χ0n) is 19.9. The lowest BCUT2D eigenvalue weighted by Gasteiger charge is -2.31. The molecule has 0 aliphatic rings. The van der Waals surface area contributed by atoms with Crippen LogP contribution in [0.1, 0.15) is 64.2 Å². The Morgan fingerprint density at radius 2 is 1.71 bits per heavy atom. The van der Waals surface area contributed by atoms with Gasteiger partial charge in [-0.3, -0.25) is 9.59 Å². The third kappa shape index (κ3) is 7.42. The van der Waals surface area contributed by atoms with Crippen LogP contribution in [-0.4, -0.2) is 34.9 Å². The number of aryl methyl sites for hydroxylation is 1. The summed E-state index contributed by atoms with van der Waals surface area (Å²) in [5.41, 5.74) is 2.76. The fraction of sp³-hybridized carbons (Fsp3) is 0.462. The Morgan fingerprint density at radius 1 is 1.03 bits per heavy atom. The minimum atomic E-state index is -0.629. The molecule has 2 aromatic rings. The molecule has 0 radical (unpaired) electrons. The molecule has 31 heavy (non-hydrogen) atoms. The number of nitrogens with one attached hydrogen (secondary N) is 1. The summed E-state index contributed by atoms with van der Waals surface area (Å²) in [6, 6.07) is 15.1. The lowest BCUT2D eigenvalue weighted by Crippen LogP contribution is -2.53. The molecule has 0 bridgehead atoms. The SMILES string of the molecule is Cc1cccc(CN(C(=O)COc2ccccc2C(C)C)[C@H](C)C(=O)NC(C)(C)C)c1. The Kier molecular flexibility index (Phi) is 8.26. The van der Waals surface area contributed by atoms with Crippen LogP contribution in [0.5, 0.6) is 5.75 Å². The van der Waals surface area contributed by atoms with Gasteiger partial charge in [-0.25, -0.2) is 0 Å². The summed E-state index contributed by atoms with van der Waals surface area (Å²) in [5.74, 6) is 0.576. The van der Waals surface area contributed by atoms with Gasteiger partial charge in [0.25, 0.3) is 5.91 Å². The molecule has 0 saturated heterocycles. The molecule has 168 valence electrons. The maximum absolute atomic E-state index is 13.2. The Hall–Kier alpha value is -2.82. The summed E-state index contributed by atoms with van der Waals surface area (Å²) in [7, 11) is 0. The van der Waals surface area contributed by atoms with E-state index in [-0.39, 0.29) is 29.9 Å². The molecule has 2 rings (SSSR count). The maximum Gasteiger partial charge on any atom is 0.261 e. The van der Waals surface area contributed by atoms with Crippen molar-refractivity contribution in [3.05, 3.63) is 65.2 Å². The van der Waals surface area contributed by atoms with Crippen molar-refractivity contribution in [2.75, 3.05) is 6.61 Å². The molecule has 0 saturated carbocycles. The quantitative estimate of drug-likeness (QED) is 0.660. The molecule has 0 fully saturated rings. The number of rotatable bonds is 8. The molecule has 0 spiro atoms. The predicted molar refractivity (Wildman–Crippen MR) is 125 cm³/mol. The number of nitrogens with zero attached hydrogens (tertiary/aromatic N) is 1. The molecule has 0 unspecified atom stereocenters. The van der Waals surface area contributed by atoms with Gasteiger partial charge in [0.2, 0.25) is 5.91 Å². The molecule has 2 aromatic carbocycles. The van der Waals surface area contributed by atoms with Crippen LogP contribution in [0, 0.1) is 6.92 Å². The van der Waals surface area contributed by atoms with Gasteiger partial charge in [-0.2, -0.15) is 0 Å². The summed E-state index contributed by atoms with van der Waals surface area (Å²) in [6.07, 6.45) is 0. The van der Waals surface area contributed by atoms with Crippen LogP contribution >= 0.6 is 0 Å². The molecule has 0 heterocycles. The van der Waals surface area contributed by atoms with Crippen LogP contribution in [0.2, 0.25) is 0 Å². The van der Waals surface area contributed by atoms with Crippen molar-refractivity contribution in [1.82, 2.24) is 10.2 Å². The number of carbonyl (C=O) groups excluding carboxylic acids is 2. The first-order valence-electron chi connectivity index (χ1n) is 10.9. The van der Waals surface area contributed by atoms with E-state index in [1.54, 1.807) is 11.8 Å². The van der Waals surface area contributed by atoms with Crippen LogP contribution in [0.15, 0.2) is 48.5 Å². The van der Waals surface area contributed by atoms with E-state index in [9.17, 15) is 9.59 Å². The molecule has 5 nitrogen and oxygen atoms in total. The largest absolute Gasteiger partial charge is 0.483 e. The van der Waals surface area contributed by atoms with Gasteiger partial charge in [0.1, 0.15) is 11.8 Å². The minimum absolute atomic E-state index is 0.122. The Bertz CT molecular complexity index is 900. The molecular weight excluding hydrogens is 388 g/mol. The van der Waals surface area contributed by atoms with Gasteiger partial charge in [-0.1, -0.05) is 61.9 Å². The second-order valence-electron chi connectivity index (χ2n) is 9.41. The van der Waals surface area contributed by atoms with Crippen molar-refractivity contribution in [1.29, 1.82) is 0 Å². The van der Waals surface area contributed by atoms with E-state index in [1.807, 2.05) is 76.2 Å². The van der Waals surface area contributed by atoms with Crippen molar-refractivity contribution >= 4 is 11.8 Å². The zero-order valence-corrected chi connectivity index (χ0v) is 19.9. The third-order valence-corrected chi connectivity index (χ3v) is 4.99. The van der Waals surface area contributed by atoms with Gasteiger partial charge in [-0.05, 0) is 57.7 Å². The van der Waals surface area contributed by atoms with Crippen molar-refractivity contribution in [3.8, 4) is 5.75 Å². The number of para-hydroxylation sites is 1. The molecule has 1 atom stereocenters. The highest BCUT2D eigenvalue weighted by Gasteiger charge is 2.28. The zero-order chi connectivity index (χ0) is 23.2. The molecule has 1 N–H and O–H groups in total. The van der Waals surface area contributed by atoms with Crippen molar-refractivity contribution in [2.45, 2.75) is 72.5 Å². The van der Waals surface area contributed by atoms with Gasteiger partial charge in [-0.15, -0.1) is 0 Å². The van der Waals surface area contributed by atoms with Crippen LogP contribution in [-0.2, 0) is 16.1 Å². The normalized spacial score (nSPS) is 12.4. The Balaban J connectivity index is 2.22. The maximum atomic E-state index is 13.2. The van der Waals surface area contributed by atoms with Gasteiger partial charge in [0, 0.05) is 12.1 Å². The van der Waals surface area contributed by atoms with Crippen molar-refractivity contribution in [2.24, 2.45) is 0 Å². The summed E-state index contributed by atoms with van der Waals surface area (Å²) < 4.78 is 5.91. The standard InChI is InChI=1S/C26H36N2O3/c1-18(2)22-13-8-9-14-23(22)31-17-24(29)28(16-21-12-10-11-19(3)15-21)20(4)25(30)27-26(5,6)7/h8-15,18,20H,16-17H2,1-7H3,(H,27,30)/t20-/m1/s1. The second kappa shape index (κ2) is 10.5. The Labute approximate surface area is 186 Å². The smallest absolute Gasteiger partial charge is 0.261 e. The number of amides is 2. The highest BCUT2D eigenvalue weighted by atomic mass is 16.5. The van der Waals surface area contributed by atoms with Crippen molar-refractivity contribution in [3.63, 3.8) is 0 Å². The minimum Gasteiger partial charge on any atom is -0.483 e. The monoisotopic (exact) mass is 424 g/mol. The molecule has 0 aliphatic carbocycles. The van der Waals surface area contributed by atoms with Crippen LogP contribution in [0.3, 0.4) is 0 Å². The topological polar surface area (TPSA) is 58.6 Å². The van der Waals surface area contributed by atoms with Gasteiger partial charge < -0.3 is 15.0 Å². The third-order valence-electron chi connectivity index (χ3n) is 4.99. The number of ether oxygens (including phenoxy) is 1. The van der Waals surface area contributed by atoms with E-state index < -0.39 is 6.04 Å². The molecule has 5 heteroatoms. The van der Waals surface area contributed by atoms with Crippen molar-refractivity contribution < 1.29 is 14.3 Å². The van der Waals surface area contributed by atoms with E-state index in [1.165, 1.54) is 0 Å². The van der Waals surface area contributed by atoms with E-state index in [0.717, 1.165) is 16.7 Å². The average Bonchev–Trinajstić information content (AvgIpc) is 2.68. The number of carbonyl (C=O) groups is 2. The summed E-state index contributed by atoms with van der Waals surface area (Å²) in [4.78, 5) is 27.6. The van der Waals surface area contributed by atoms with Crippen LogP contribution in [0.4, 0.5) is 0 Å². The fourth-order valence-corrected chi connectivity index (χ4v) is 3.38. The van der Waals surface area contributed by atoms with Crippen LogP contribution < -0.4 is 10.1 Å². The predicted octanol–water partition coefficient (Wildman–Crippen LogP) is 4.83. The first kappa shape index (κ1) is 24.4. The number of hydrogen-bond acceptors (Lipinski definition) is 3. The number of hydrogen-bond donors (Lipinski definition) is 1. The van der Waals surface area contributed by atoms with E-state index in [2.05, 4.69) is 19.2 Å². The van der Waals surface area contributed by atoms with E-state index in [4.69, 9.17) is 4.74 Å².